The largest absolute Gasteiger partial charge is 0.356 e. The summed E-state index contributed by atoms with van der Waals surface area (Å²) in [5.41, 5.74) is 0. The average molecular weight is 271 g/mol. The fourth-order valence-electron chi connectivity index (χ4n) is 2.53. The molecular weight excluding hydrogens is 242 g/mol. The Labute approximate surface area is 117 Å². The molecule has 0 amide bonds. The monoisotopic (exact) mass is 271 g/mol. The average Bonchev–Trinajstić information content (AvgIpc) is 2.43. The molecule has 3 nitrogen and oxygen atoms in total. The Kier molecular flexibility index (Phi) is 8.31. The molecule has 0 aromatic carbocycles. The topological polar surface area (TPSA) is 36.4 Å². The van der Waals surface area contributed by atoms with Crippen molar-refractivity contribution in [1.29, 1.82) is 0 Å². The molecule has 0 unspecified atom stereocenters. The highest BCUT2D eigenvalue weighted by Crippen LogP contribution is 2.26. The first-order valence-electron chi connectivity index (χ1n) is 7.26. The van der Waals surface area contributed by atoms with Crippen LogP contribution in [0.25, 0.3) is 0 Å². The van der Waals surface area contributed by atoms with Gasteiger partial charge in [-0.15, -0.1) is 0 Å². The van der Waals surface area contributed by atoms with Gasteiger partial charge >= 0.3 is 0 Å². The molecule has 1 fully saturated rings. The van der Waals surface area contributed by atoms with Crippen molar-refractivity contribution in [2.45, 2.75) is 51.5 Å². The van der Waals surface area contributed by atoms with E-state index in [1.807, 2.05) is 18.8 Å². The molecule has 1 rings (SSSR count). The van der Waals surface area contributed by atoms with Crippen LogP contribution >= 0.6 is 11.8 Å². The predicted octanol–water partition coefficient (Wildman–Crippen LogP) is 2.87. The van der Waals surface area contributed by atoms with E-state index in [9.17, 15) is 0 Å². The second kappa shape index (κ2) is 9.54. The van der Waals surface area contributed by atoms with Gasteiger partial charge in [0.25, 0.3) is 0 Å². The van der Waals surface area contributed by atoms with Crippen LogP contribution < -0.4 is 10.6 Å². The predicted molar refractivity (Wildman–Crippen MR) is 83.5 cm³/mol. The fraction of sp³-hybridized carbons (Fsp3) is 0.929. The number of thioether (sulfide) groups is 1. The van der Waals surface area contributed by atoms with Gasteiger partial charge in [-0.25, -0.2) is 0 Å². The zero-order chi connectivity index (χ0) is 13.2. The Balaban J connectivity index is 2.19. The van der Waals surface area contributed by atoms with Gasteiger partial charge in [0, 0.05) is 19.6 Å². The standard InChI is InChI=1S/C14H29N3S/c1-4-12-6-8-13(9-7-12)17-14(15-2)16-10-5-11-18-3/h12-13H,4-11H2,1-3H3,(H2,15,16,17). The van der Waals surface area contributed by atoms with E-state index in [0.717, 1.165) is 18.4 Å². The summed E-state index contributed by atoms with van der Waals surface area (Å²) in [5.74, 6) is 3.15. The Morgan fingerprint density at radius 1 is 1.28 bits per heavy atom. The van der Waals surface area contributed by atoms with E-state index in [1.165, 1.54) is 44.3 Å². The molecule has 0 aromatic rings. The van der Waals surface area contributed by atoms with Crippen molar-refractivity contribution in [1.82, 2.24) is 10.6 Å². The quantitative estimate of drug-likeness (QED) is 0.443. The fourth-order valence-corrected chi connectivity index (χ4v) is 2.96. The second-order valence-corrected chi connectivity index (χ2v) is 6.10. The highest BCUT2D eigenvalue weighted by molar-refractivity contribution is 7.98. The molecular formula is C14H29N3S. The van der Waals surface area contributed by atoms with Crippen LogP contribution in [0.15, 0.2) is 4.99 Å². The first-order chi connectivity index (χ1) is 8.80. The van der Waals surface area contributed by atoms with Crippen LogP contribution in [-0.2, 0) is 0 Å². The number of nitrogens with one attached hydrogen (secondary N) is 2. The van der Waals surface area contributed by atoms with Gasteiger partial charge in [-0.3, -0.25) is 4.99 Å². The number of aliphatic imine (C=N–C) groups is 1. The SMILES string of the molecule is CCC1CCC(NC(=NC)NCCCSC)CC1. The molecule has 0 spiro atoms. The third-order valence-corrected chi connectivity index (χ3v) is 4.50. The molecule has 1 aliphatic carbocycles. The number of hydrogen-bond donors (Lipinski definition) is 2. The van der Waals surface area contributed by atoms with Crippen LogP contribution in [0.5, 0.6) is 0 Å². The molecule has 0 heterocycles. The minimum Gasteiger partial charge on any atom is -0.356 e. The maximum atomic E-state index is 4.31. The summed E-state index contributed by atoms with van der Waals surface area (Å²) < 4.78 is 0. The van der Waals surface area contributed by atoms with E-state index in [-0.39, 0.29) is 0 Å². The third-order valence-electron chi connectivity index (χ3n) is 3.81. The Bertz CT molecular complexity index is 235. The molecule has 0 bridgehead atoms. The van der Waals surface area contributed by atoms with Crippen LogP contribution in [0, 0.1) is 5.92 Å². The molecule has 1 aliphatic rings. The summed E-state index contributed by atoms with van der Waals surface area (Å²) in [4.78, 5) is 4.31. The van der Waals surface area contributed by atoms with Crippen molar-refractivity contribution >= 4 is 17.7 Å². The zero-order valence-corrected chi connectivity index (χ0v) is 13.0. The lowest BCUT2D eigenvalue weighted by atomic mass is 9.84. The van der Waals surface area contributed by atoms with Crippen molar-refractivity contribution in [2.24, 2.45) is 10.9 Å². The van der Waals surface area contributed by atoms with Crippen molar-refractivity contribution in [2.75, 3.05) is 25.6 Å². The van der Waals surface area contributed by atoms with Crippen LogP contribution in [0.1, 0.15) is 45.4 Å². The molecule has 18 heavy (non-hydrogen) atoms. The lowest BCUT2D eigenvalue weighted by molar-refractivity contribution is 0.304. The number of guanidine groups is 1. The second-order valence-electron chi connectivity index (χ2n) is 5.12. The van der Waals surface area contributed by atoms with Gasteiger partial charge in [-0.1, -0.05) is 13.3 Å². The van der Waals surface area contributed by atoms with Crippen molar-refractivity contribution in [3.8, 4) is 0 Å². The molecule has 4 heteroatoms. The van der Waals surface area contributed by atoms with E-state index in [0.29, 0.717) is 6.04 Å². The molecule has 0 radical (unpaired) electrons. The Morgan fingerprint density at radius 2 is 2.00 bits per heavy atom. The highest BCUT2D eigenvalue weighted by Gasteiger charge is 2.20. The van der Waals surface area contributed by atoms with Crippen molar-refractivity contribution in [3.63, 3.8) is 0 Å². The summed E-state index contributed by atoms with van der Waals surface area (Å²) in [6, 6.07) is 0.625. The normalized spacial score (nSPS) is 24.9. The summed E-state index contributed by atoms with van der Waals surface area (Å²) in [6.07, 6.45) is 10.0. The van der Waals surface area contributed by atoms with Crippen LogP contribution in [0.4, 0.5) is 0 Å². The molecule has 1 saturated carbocycles. The van der Waals surface area contributed by atoms with Gasteiger partial charge in [0.05, 0.1) is 0 Å². The first kappa shape index (κ1) is 15.7. The Hall–Kier alpha value is -0.380. The number of rotatable bonds is 6. The van der Waals surface area contributed by atoms with Gasteiger partial charge < -0.3 is 10.6 Å². The maximum Gasteiger partial charge on any atom is 0.191 e. The zero-order valence-electron chi connectivity index (χ0n) is 12.2. The van der Waals surface area contributed by atoms with Gasteiger partial charge in [-0.2, -0.15) is 11.8 Å². The van der Waals surface area contributed by atoms with Crippen molar-refractivity contribution < 1.29 is 0 Å². The Morgan fingerprint density at radius 3 is 2.56 bits per heavy atom. The highest BCUT2D eigenvalue weighted by atomic mass is 32.2. The number of nitrogens with zero attached hydrogens (tertiary/aromatic N) is 1. The lowest BCUT2D eigenvalue weighted by Gasteiger charge is -2.29. The molecule has 0 aliphatic heterocycles. The van der Waals surface area contributed by atoms with Crippen LogP contribution in [0.3, 0.4) is 0 Å². The molecule has 106 valence electrons. The summed E-state index contributed by atoms with van der Waals surface area (Å²) in [7, 11) is 1.86. The van der Waals surface area contributed by atoms with E-state index in [1.54, 1.807) is 0 Å². The van der Waals surface area contributed by atoms with Crippen molar-refractivity contribution in [3.05, 3.63) is 0 Å². The minimum atomic E-state index is 0.625. The van der Waals surface area contributed by atoms with E-state index in [4.69, 9.17) is 0 Å². The van der Waals surface area contributed by atoms with Gasteiger partial charge in [-0.05, 0) is 50.0 Å². The van der Waals surface area contributed by atoms with Crippen LogP contribution in [0.2, 0.25) is 0 Å². The van der Waals surface area contributed by atoms with Gasteiger partial charge in [0.1, 0.15) is 0 Å². The van der Waals surface area contributed by atoms with E-state index >= 15 is 0 Å². The molecule has 2 N–H and O–H groups in total. The summed E-state index contributed by atoms with van der Waals surface area (Å²) in [6.45, 7) is 3.33. The minimum absolute atomic E-state index is 0.625. The summed E-state index contributed by atoms with van der Waals surface area (Å²) >= 11 is 1.90. The van der Waals surface area contributed by atoms with E-state index in [2.05, 4.69) is 28.8 Å². The van der Waals surface area contributed by atoms with Gasteiger partial charge in [0.15, 0.2) is 5.96 Å². The maximum absolute atomic E-state index is 4.31. The van der Waals surface area contributed by atoms with Crippen LogP contribution in [-0.4, -0.2) is 37.6 Å². The third kappa shape index (κ3) is 5.98. The molecule has 0 atom stereocenters. The lowest BCUT2D eigenvalue weighted by Crippen LogP contribution is -2.45. The smallest absolute Gasteiger partial charge is 0.191 e. The molecule has 0 aromatic heterocycles. The van der Waals surface area contributed by atoms with Gasteiger partial charge in [0.2, 0.25) is 0 Å². The van der Waals surface area contributed by atoms with E-state index < -0.39 is 0 Å². The molecule has 0 saturated heterocycles. The number of hydrogen-bond acceptors (Lipinski definition) is 2. The summed E-state index contributed by atoms with van der Waals surface area (Å²) in [5, 5.41) is 6.96. The first-order valence-corrected chi connectivity index (χ1v) is 8.65.